The predicted molar refractivity (Wildman–Crippen MR) is 289 cm³/mol. The van der Waals surface area contributed by atoms with E-state index in [0.29, 0.717) is 12.8 Å². The van der Waals surface area contributed by atoms with Gasteiger partial charge >= 0.3 is 7.82 Å². The molecule has 1 fully saturated rings. The van der Waals surface area contributed by atoms with Crippen LogP contribution in [0.5, 0.6) is 0 Å². The van der Waals surface area contributed by atoms with Gasteiger partial charge in [0.25, 0.3) is 0 Å². The topological polar surface area (TPSA) is 226 Å². The van der Waals surface area contributed by atoms with Gasteiger partial charge in [-0.25, -0.2) is 4.57 Å². The van der Waals surface area contributed by atoms with Crippen molar-refractivity contribution < 1.29 is 59.0 Å². The monoisotopic (exact) mass is 1030 g/mol. The van der Waals surface area contributed by atoms with Gasteiger partial charge in [0.1, 0.15) is 36.6 Å². The van der Waals surface area contributed by atoms with E-state index in [9.17, 15) is 50.0 Å². The molecule has 0 aromatic carbocycles. The Morgan fingerprint density at radius 2 is 0.789 bits per heavy atom. The molecule has 0 spiro atoms. The predicted octanol–water partition coefficient (Wildman–Crippen LogP) is 12.5. The average Bonchev–Trinajstić information content (AvgIpc) is 3.35. The number of unbranched alkanes of at least 4 members (excludes halogenated alkanes) is 36. The van der Waals surface area contributed by atoms with Gasteiger partial charge < -0.3 is 46.0 Å². The lowest BCUT2D eigenvalue weighted by Gasteiger charge is -2.41. The van der Waals surface area contributed by atoms with Crippen molar-refractivity contribution in [1.29, 1.82) is 0 Å². The summed E-state index contributed by atoms with van der Waals surface area (Å²) in [5.41, 5.74) is 0. The standard InChI is InChI=1S/C57H112NO12P/c1-3-5-7-9-11-13-15-17-19-21-23-25-26-28-30-32-34-36-38-40-42-44-48(59)46-51(61)58-49(47-69-71(67,68)70-57-55(65)53(63)52(62)54(64)56(57)66)50(60)45-43-41-39-37-35-33-31-29-27-24-22-20-18-16-14-12-10-8-6-4-2/h28,30,48-50,52-57,59-60,62-66H,3-27,29,31-47H2,1-2H3,(H,58,61)(H,67,68)/b30-28-. The fourth-order valence-corrected chi connectivity index (χ4v) is 10.8. The molecule has 1 saturated carbocycles. The average molecular weight is 1030 g/mol. The lowest BCUT2D eigenvalue weighted by molar-refractivity contribution is -0.220. The third-order valence-corrected chi connectivity index (χ3v) is 15.6. The third kappa shape index (κ3) is 37.4. The lowest BCUT2D eigenvalue weighted by Crippen LogP contribution is -2.64. The zero-order chi connectivity index (χ0) is 52.2. The smallest absolute Gasteiger partial charge is 0.393 e. The highest BCUT2D eigenvalue weighted by Gasteiger charge is 2.51. The Balaban J connectivity index is 2.38. The van der Waals surface area contributed by atoms with Crippen LogP contribution in [0.4, 0.5) is 0 Å². The molecule has 14 heteroatoms. The normalized spacial score (nSPS) is 21.7. The minimum Gasteiger partial charge on any atom is -0.393 e. The summed E-state index contributed by atoms with van der Waals surface area (Å²) in [6.45, 7) is 3.85. The summed E-state index contributed by atoms with van der Waals surface area (Å²) in [5.74, 6) is -0.559. The maximum Gasteiger partial charge on any atom is 0.472 e. The Morgan fingerprint density at radius 3 is 1.15 bits per heavy atom. The Kier molecular flexibility index (Phi) is 44.4. The molecule has 1 aliphatic rings. The quantitative estimate of drug-likeness (QED) is 0.0158. The number of phosphoric ester groups is 1. The summed E-state index contributed by atoms with van der Waals surface area (Å²) in [6, 6.07) is -1.16. The molecule has 1 aliphatic carbocycles. The molecule has 0 aromatic heterocycles. The number of allylic oxidation sites excluding steroid dienone is 2. The fourth-order valence-electron chi connectivity index (χ4n) is 9.83. The first kappa shape index (κ1) is 68.1. The van der Waals surface area contributed by atoms with E-state index in [1.54, 1.807) is 0 Å². The Hall–Kier alpha value is -0.960. The van der Waals surface area contributed by atoms with Gasteiger partial charge in [0.05, 0.1) is 31.3 Å². The molecule has 0 aromatic rings. The minimum absolute atomic E-state index is 0.224. The van der Waals surface area contributed by atoms with Crippen LogP contribution >= 0.6 is 7.82 Å². The summed E-state index contributed by atoms with van der Waals surface area (Å²) >= 11 is 0. The Labute approximate surface area is 433 Å². The van der Waals surface area contributed by atoms with Gasteiger partial charge in [-0.05, 0) is 38.5 Å². The van der Waals surface area contributed by atoms with E-state index in [4.69, 9.17) is 9.05 Å². The highest BCUT2D eigenvalue weighted by molar-refractivity contribution is 7.47. The summed E-state index contributed by atoms with van der Waals surface area (Å²) < 4.78 is 23.1. The van der Waals surface area contributed by atoms with E-state index in [1.165, 1.54) is 173 Å². The fraction of sp³-hybridized carbons (Fsp3) is 0.947. The zero-order valence-electron chi connectivity index (χ0n) is 45.4. The van der Waals surface area contributed by atoms with E-state index in [1.807, 2.05) is 0 Å². The molecule has 0 radical (unpaired) electrons. The second kappa shape index (κ2) is 46.4. The number of phosphoric acid groups is 1. The minimum atomic E-state index is -5.13. The van der Waals surface area contributed by atoms with Crippen LogP contribution in [0, 0.1) is 0 Å². The van der Waals surface area contributed by atoms with Crippen LogP contribution in [-0.2, 0) is 18.4 Å². The first-order valence-electron chi connectivity index (χ1n) is 29.7. The summed E-state index contributed by atoms with van der Waals surface area (Å²) in [7, 11) is -5.13. The molecular weight excluding hydrogens is 922 g/mol. The molecule has 0 saturated heterocycles. The molecule has 0 aliphatic heterocycles. The van der Waals surface area contributed by atoms with Gasteiger partial charge in [0.2, 0.25) is 5.91 Å². The van der Waals surface area contributed by atoms with Crippen LogP contribution in [0.3, 0.4) is 0 Å². The van der Waals surface area contributed by atoms with Gasteiger partial charge in [-0.2, -0.15) is 0 Å². The SMILES string of the molecule is CCCCCCCCCCCCCC/C=C\CCCCCCCC(O)CC(=O)NC(COP(=O)(O)OC1C(O)C(O)C(O)C(O)C1O)C(O)CCCCCCCCCCCCCCCCCCCCCC. The molecule has 0 heterocycles. The largest absolute Gasteiger partial charge is 0.472 e. The molecule has 71 heavy (non-hydrogen) atoms. The molecule has 8 unspecified atom stereocenters. The van der Waals surface area contributed by atoms with Crippen molar-refractivity contribution in [3.8, 4) is 0 Å². The zero-order valence-corrected chi connectivity index (χ0v) is 46.3. The van der Waals surface area contributed by atoms with Crippen molar-refractivity contribution in [2.75, 3.05) is 6.61 Å². The van der Waals surface area contributed by atoms with Crippen molar-refractivity contribution >= 4 is 13.7 Å². The highest BCUT2D eigenvalue weighted by Crippen LogP contribution is 2.47. The summed E-state index contributed by atoms with van der Waals surface area (Å²) in [5, 5.41) is 75.1. The lowest BCUT2D eigenvalue weighted by atomic mass is 9.85. The highest BCUT2D eigenvalue weighted by atomic mass is 31.2. The van der Waals surface area contributed by atoms with Crippen LogP contribution in [0.2, 0.25) is 0 Å². The molecule has 8 atom stereocenters. The van der Waals surface area contributed by atoms with Gasteiger partial charge in [-0.15, -0.1) is 0 Å². The number of carbonyl (C=O) groups excluding carboxylic acids is 1. The van der Waals surface area contributed by atoms with Crippen molar-refractivity contribution in [2.24, 2.45) is 0 Å². The van der Waals surface area contributed by atoms with E-state index < -0.39 is 75.2 Å². The molecule has 1 rings (SSSR count). The van der Waals surface area contributed by atoms with Gasteiger partial charge in [-0.1, -0.05) is 251 Å². The summed E-state index contributed by atoms with van der Waals surface area (Å²) in [4.78, 5) is 23.6. The van der Waals surface area contributed by atoms with E-state index in [0.717, 1.165) is 70.6 Å². The van der Waals surface area contributed by atoms with Gasteiger partial charge in [0.15, 0.2) is 0 Å². The van der Waals surface area contributed by atoms with Crippen molar-refractivity contribution in [3.63, 3.8) is 0 Å². The molecular formula is C57H112NO12P. The van der Waals surface area contributed by atoms with Crippen molar-refractivity contribution in [1.82, 2.24) is 5.32 Å². The van der Waals surface area contributed by atoms with Gasteiger partial charge in [0, 0.05) is 0 Å². The van der Waals surface area contributed by atoms with Crippen LogP contribution in [-0.4, -0.2) is 108 Å². The van der Waals surface area contributed by atoms with Crippen molar-refractivity contribution in [2.45, 2.75) is 338 Å². The number of nitrogens with one attached hydrogen (secondary N) is 1. The van der Waals surface area contributed by atoms with Crippen LogP contribution in [0.15, 0.2) is 12.2 Å². The first-order chi connectivity index (χ1) is 34.3. The van der Waals surface area contributed by atoms with Gasteiger partial charge in [-0.3, -0.25) is 13.8 Å². The number of aliphatic hydroxyl groups excluding tert-OH is 7. The van der Waals surface area contributed by atoms with Crippen LogP contribution in [0.1, 0.15) is 284 Å². The number of rotatable bonds is 51. The number of aliphatic hydroxyl groups is 7. The third-order valence-electron chi connectivity index (χ3n) is 14.6. The first-order valence-corrected chi connectivity index (χ1v) is 31.2. The number of carbonyl (C=O) groups is 1. The van der Waals surface area contributed by atoms with Crippen molar-refractivity contribution in [3.05, 3.63) is 12.2 Å². The second-order valence-electron chi connectivity index (χ2n) is 21.4. The molecule has 13 nitrogen and oxygen atoms in total. The van der Waals surface area contributed by atoms with Crippen LogP contribution in [0.25, 0.3) is 0 Å². The number of amides is 1. The molecule has 0 bridgehead atoms. The summed E-state index contributed by atoms with van der Waals surface area (Å²) in [6.07, 6.45) is 39.6. The maximum absolute atomic E-state index is 13.1. The maximum atomic E-state index is 13.1. The Morgan fingerprint density at radius 1 is 0.479 bits per heavy atom. The van der Waals surface area contributed by atoms with Crippen LogP contribution < -0.4 is 5.32 Å². The second-order valence-corrected chi connectivity index (χ2v) is 22.8. The Bertz CT molecular complexity index is 1260. The number of hydrogen-bond acceptors (Lipinski definition) is 11. The molecule has 1 amide bonds. The van der Waals surface area contributed by atoms with E-state index in [-0.39, 0.29) is 12.8 Å². The molecule has 9 N–H and O–H groups in total. The molecule has 422 valence electrons. The number of hydrogen-bond donors (Lipinski definition) is 9. The van der Waals surface area contributed by atoms with E-state index in [2.05, 4.69) is 31.3 Å². The van der Waals surface area contributed by atoms with E-state index >= 15 is 0 Å².